The van der Waals surface area contributed by atoms with E-state index in [1.165, 1.54) is 0 Å². The van der Waals surface area contributed by atoms with Crippen LogP contribution in [-0.2, 0) is 42.9 Å². The van der Waals surface area contributed by atoms with Crippen molar-refractivity contribution in [2.24, 2.45) is 0 Å². The molecule has 33 heavy (non-hydrogen) atoms. The number of nitrogens with zero attached hydrogens (tertiary/aromatic N) is 2. The lowest BCUT2D eigenvalue weighted by Crippen LogP contribution is -2.43. The molecule has 0 amide bonds. The number of carbonyl (C=O) groups is 4. The van der Waals surface area contributed by atoms with E-state index in [1.807, 2.05) is 4.90 Å². The SMILES string of the molecule is O=C(O)/C=C/C(=O)OCC(CN1CCOCC1)OC(=O)/C=C/C(=O)OCCN1CCOCC1. The molecule has 2 aliphatic heterocycles. The number of hydrogen-bond donors (Lipinski definition) is 1. The zero-order valence-electron chi connectivity index (χ0n) is 18.4. The first-order valence-electron chi connectivity index (χ1n) is 10.7. The van der Waals surface area contributed by atoms with Gasteiger partial charge in [-0.25, -0.2) is 19.2 Å². The van der Waals surface area contributed by atoms with Gasteiger partial charge in [0.05, 0.1) is 26.4 Å². The van der Waals surface area contributed by atoms with E-state index in [9.17, 15) is 19.2 Å². The summed E-state index contributed by atoms with van der Waals surface area (Å²) in [6.45, 7) is 5.92. The molecule has 0 saturated carbocycles. The third kappa shape index (κ3) is 12.1. The van der Waals surface area contributed by atoms with Gasteiger partial charge in [0.1, 0.15) is 19.3 Å². The second kappa shape index (κ2) is 15.1. The lowest BCUT2D eigenvalue weighted by molar-refractivity contribution is -0.154. The van der Waals surface area contributed by atoms with Crippen LogP contribution in [0.4, 0.5) is 0 Å². The third-order valence-corrected chi connectivity index (χ3v) is 4.73. The molecule has 2 saturated heterocycles. The van der Waals surface area contributed by atoms with Crippen molar-refractivity contribution in [1.82, 2.24) is 9.80 Å². The first kappa shape index (κ1) is 26.5. The van der Waals surface area contributed by atoms with Crippen molar-refractivity contribution < 1.29 is 48.0 Å². The highest BCUT2D eigenvalue weighted by Gasteiger charge is 2.21. The number of aliphatic carboxylic acids is 1. The fourth-order valence-corrected chi connectivity index (χ4v) is 3.05. The monoisotopic (exact) mass is 470 g/mol. The van der Waals surface area contributed by atoms with Crippen LogP contribution in [0.2, 0.25) is 0 Å². The number of rotatable bonds is 12. The van der Waals surface area contributed by atoms with Gasteiger partial charge in [0.15, 0.2) is 0 Å². The highest BCUT2D eigenvalue weighted by atomic mass is 16.6. The smallest absolute Gasteiger partial charge is 0.331 e. The fourth-order valence-electron chi connectivity index (χ4n) is 3.05. The second-order valence-corrected chi connectivity index (χ2v) is 7.23. The molecule has 1 atom stereocenters. The van der Waals surface area contributed by atoms with E-state index < -0.39 is 30.0 Å². The summed E-state index contributed by atoms with van der Waals surface area (Å²) in [6, 6.07) is 0. The summed E-state index contributed by atoms with van der Waals surface area (Å²) in [7, 11) is 0. The molecule has 12 heteroatoms. The highest BCUT2D eigenvalue weighted by molar-refractivity contribution is 5.92. The Kier molecular flexibility index (Phi) is 12.1. The van der Waals surface area contributed by atoms with Crippen molar-refractivity contribution in [3.05, 3.63) is 24.3 Å². The minimum absolute atomic E-state index is 0.192. The van der Waals surface area contributed by atoms with Crippen LogP contribution in [0.5, 0.6) is 0 Å². The molecule has 0 spiro atoms. The van der Waals surface area contributed by atoms with E-state index in [-0.39, 0.29) is 19.8 Å². The summed E-state index contributed by atoms with van der Waals surface area (Å²) in [4.78, 5) is 50.2. The quantitative estimate of drug-likeness (QED) is 0.209. The Morgan fingerprint density at radius 1 is 0.788 bits per heavy atom. The van der Waals surface area contributed by atoms with Crippen molar-refractivity contribution in [1.29, 1.82) is 0 Å². The summed E-state index contributed by atoms with van der Waals surface area (Å²) < 4.78 is 25.9. The molecule has 1 N–H and O–H groups in total. The maximum Gasteiger partial charge on any atom is 0.331 e. The van der Waals surface area contributed by atoms with Crippen molar-refractivity contribution in [3.8, 4) is 0 Å². The molecular formula is C21H30N2O10. The van der Waals surface area contributed by atoms with Gasteiger partial charge >= 0.3 is 23.9 Å². The molecule has 0 aromatic carbocycles. The van der Waals surface area contributed by atoms with Crippen LogP contribution in [0, 0.1) is 0 Å². The van der Waals surface area contributed by atoms with Gasteiger partial charge in [-0.05, 0) is 0 Å². The van der Waals surface area contributed by atoms with Crippen LogP contribution in [0.1, 0.15) is 0 Å². The molecule has 2 aliphatic rings. The second-order valence-electron chi connectivity index (χ2n) is 7.23. The number of ether oxygens (including phenoxy) is 5. The first-order valence-corrected chi connectivity index (χ1v) is 10.7. The van der Waals surface area contributed by atoms with Crippen molar-refractivity contribution >= 4 is 23.9 Å². The summed E-state index contributed by atoms with van der Waals surface area (Å²) in [5, 5.41) is 8.56. The van der Waals surface area contributed by atoms with Gasteiger partial charge in [-0.3, -0.25) is 9.80 Å². The predicted molar refractivity (Wildman–Crippen MR) is 112 cm³/mol. The molecule has 1 unspecified atom stereocenters. The largest absolute Gasteiger partial charge is 0.478 e. The lowest BCUT2D eigenvalue weighted by atomic mass is 10.3. The Morgan fingerprint density at radius 3 is 1.97 bits per heavy atom. The predicted octanol–water partition coefficient (Wildman–Crippen LogP) is -1.15. The molecular weight excluding hydrogens is 440 g/mol. The molecule has 2 heterocycles. The van der Waals surface area contributed by atoms with Gasteiger partial charge < -0.3 is 28.8 Å². The van der Waals surface area contributed by atoms with Gasteiger partial charge in [0.25, 0.3) is 0 Å². The van der Waals surface area contributed by atoms with Crippen LogP contribution in [0.3, 0.4) is 0 Å². The molecule has 184 valence electrons. The van der Waals surface area contributed by atoms with E-state index >= 15 is 0 Å². The molecule has 0 radical (unpaired) electrons. The number of morpholine rings is 2. The van der Waals surface area contributed by atoms with Gasteiger partial charge in [-0.1, -0.05) is 0 Å². The third-order valence-electron chi connectivity index (χ3n) is 4.73. The molecule has 2 fully saturated rings. The van der Waals surface area contributed by atoms with Crippen LogP contribution in [0.25, 0.3) is 0 Å². The maximum absolute atomic E-state index is 12.2. The minimum Gasteiger partial charge on any atom is -0.478 e. The molecule has 0 aromatic rings. The zero-order valence-corrected chi connectivity index (χ0v) is 18.4. The number of carboxylic acid groups (broad SMARTS) is 1. The summed E-state index contributed by atoms with van der Waals surface area (Å²) in [5.41, 5.74) is 0. The van der Waals surface area contributed by atoms with Crippen LogP contribution >= 0.6 is 0 Å². The van der Waals surface area contributed by atoms with Crippen LogP contribution in [-0.4, -0.2) is 124 Å². The van der Waals surface area contributed by atoms with Gasteiger partial charge in [0.2, 0.25) is 0 Å². The van der Waals surface area contributed by atoms with E-state index in [4.69, 9.17) is 28.8 Å². The van der Waals surface area contributed by atoms with Crippen molar-refractivity contribution in [3.63, 3.8) is 0 Å². The van der Waals surface area contributed by atoms with E-state index in [2.05, 4.69) is 4.90 Å². The minimum atomic E-state index is -1.29. The van der Waals surface area contributed by atoms with Gasteiger partial charge in [-0.15, -0.1) is 0 Å². The first-order chi connectivity index (χ1) is 15.9. The fraction of sp³-hybridized carbons (Fsp3) is 0.619. The van der Waals surface area contributed by atoms with Crippen LogP contribution < -0.4 is 0 Å². The normalized spacial score (nSPS) is 18.8. The van der Waals surface area contributed by atoms with Crippen molar-refractivity contribution in [2.45, 2.75) is 6.10 Å². The van der Waals surface area contributed by atoms with Gasteiger partial charge in [-0.2, -0.15) is 0 Å². The van der Waals surface area contributed by atoms with E-state index in [0.717, 1.165) is 31.3 Å². The van der Waals surface area contributed by atoms with Crippen LogP contribution in [0.15, 0.2) is 24.3 Å². The summed E-state index contributed by atoms with van der Waals surface area (Å²) in [5.74, 6) is -3.63. The lowest BCUT2D eigenvalue weighted by Gasteiger charge is -2.29. The number of esters is 3. The Bertz CT molecular complexity index is 712. The summed E-state index contributed by atoms with van der Waals surface area (Å²) in [6.07, 6.45) is 2.53. The topological polar surface area (TPSA) is 141 Å². The Labute approximate surface area is 191 Å². The van der Waals surface area contributed by atoms with E-state index in [1.54, 1.807) is 0 Å². The maximum atomic E-state index is 12.2. The number of carbonyl (C=O) groups excluding carboxylic acids is 3. The number of carboxylic acids is 1. The highest BCUT2D eigenvalue weighted by Crippen LogP contribution is 2.04. The molecule has 0 aliphatic carbocycles. The Morgan fingerprint density at radius 2 is 1.33 bits per heavy atom. The number of hydrogen-bond acceptors (Lipinski definition) is 11. The Balaban J connectivity index is 1.78. The average Bonchev–Trinajstić information content (AvgIpc) is 2.81. The summed E-state index contributed by atoms with van der Waals surface area (Å²) >= 11 is 0. The molecule has 12 nitrogen and oxygen atoms in total. The molecule has 0 bridgehead atoms. The zero-order chi connectivity index (χ0) is 23.9. The molecule has 2 rings (SSSR count). The van der Waals surface area contributed by atoms with Gasteiger partial charge in [0, 0.05) is 63.6 Å². The molecule has 0 aromatic heterocycles. The van der Waals surface area contributed by atoms with Crippen molar-refractivity contribution in [2.75, 3.05) is 78.9 Å². The standard InChI is InChI=1S/C21H30N2O10/c24-18(25)1-2-20(27)32-16-17(15-23-7-12-30-13-8-23)33-21(28)4-3-19(26)31-14-9-22-5-10-29-11-6-22/h1-4,17H,5-16H2,(H,24,25)/b2-1+,4-3+. The average molecular weight is 470 g/mol. The Hall–Kier alpha value is -2.80. The van der Waals surface area contributed by atoms with E-state index in [0.29, 0.717) is 52.1 Å².